The second-order valence-corrected chi connectivity index (χ2v) is 6.31. The van der Waals surface area contributed by atoms with E-state index in [9.17, 15) is 9.59 Å². The zero-order valence-corrected chi connectivity index (χ0v) is 14.0. The topological polar surface area (TPSA) is 58.6 Å². The molecule has 1 aliphatic rings. The number of ether oxygens (including phenoxy) is 1. The minimum absolute atomic E-state index is 0.00337. The maximum Gasteiger partial charge on any atom is 0.408 e. The summed E-state index contributed by atoms with van der Waals surface area (Å²) in [6.07, 6.45) is 2.70. The van der Waals surface area contributed by atoms with E-state index in [0.717, 1.165) is 31.5 Å². The number of likely N-dealkylation sites (tertiary alicyclic amines) is 1. The van der Waals surface area contributed by atoms with Gasteiger partial charge in [0.2, 0.25) is 5.91 Å². The van der Waals surface area contributed by atoms with Crippen LogP contribution in [0.15, 0.2) is 30.3 Å². The quantitative estimate of drug-likeness (QED) is 0.908. The van der Waals surface area contributed by atoms with Crippen LogP contribution in [0.5, 0.6) is 0 Å². The van der Waals surface area contributed by atoms with Crippen LogP contribution in [0.25, 0.3) is 0 Å². The lowest BCUT2D eigenvalue weighted by Crippen LogP contribution is -2.52. The van der Waals surface area contributed by atoms with Crippen LogP contribution >= 0.6 is 0 Å². The largest absolute Gasteiger partial charge is 0.445 e. The highest BCUT2D eigenvalue weighted by atomic mass is 16.5. The Bertz CT molecular complexity index is 510. The van der Waals surface area contributed by atoms with Crippen LogP contribution in [-0.2, 0) is 16.1 Å². The number of hydrogen-bond donors (Lipinski definition) is 1. The standard InChI is InChI=1S/C18H26N2O3/c1-14(2)16(17(21)20-11-7-4-8-12-20)19-18(22)23-13-15-9-5-3-6-10-15/h3,5-6,9-10,14,16H,4,7-8,11-13H2,1-2H3,(H,19,22)/t16-/m1/s1. The van der Waals surface area contributed by atoms with E-state index in [1.54, 1.807) is 0 Å². The van der Waals surface area contributed by atoms with Crippen molar-refractivity contribution < 1.29 is 14.3 Å². The van der Waals surface area contributed by atoms with Gasteiger partial charge in [-0.25, -0.2) is 4.79 Å². The Hall–Kier alpha value is -2.04. The van der Waals surface area contributed by atoms with E-state index in [0.29, 0.717) is 0 Å². The number of rotatable bonds is 5. The second kappa shape index (κ2) is 8.56. The van der Waals surface area contributed by atoms with Crippen molar-refractivity contribution >= 4 is 12.0 Å². The van der Waals surface area contributed by atoms with E-state index >= 15 is 0 Å². The van der Waals surface area contributed by atoms with E-state index in [4.69, 9.17) is 4.74 Å². The average Bonchev–Trinajstić information content (AvgIpc) is 2.58. The van der Waals surface area contributed by atoms with Gasteiger partial charge < -0.3 is 15.0 Å². The Kier molecular flexibility index (Phi) is 6.44. The molecule has 0 aromatic heterocycles. The maximum atomic E-state index is 12.6. The summed E-state index contributed by atoms with van der Waals surface area (Å²) in [4.78, 5) is 26.5. The summed E-state index contributed by atoms with van der Waals surface area (Å²) in [5.74, 6) is 0.0186. The summed E-state index contributed by atoms with van der Waals surface area (Å²) in [5, 5.41) is 2.73. The maximum absolute atomic E-state index is 12.6. The molecule has 23 heavy (non-hydrogen) atoms. The highest BCUT2D eigenvalue weighted by Gasteiger charge is 2.29. The molecule has 0 unspecified atom stereocenters. The fourth-order valence-electron chi connectivity index (χ4n) is 2.72. The van der Waals surface area contributed by atoms with Gasteiger partial charge in [0.05, 0.1) is 0 Å². The fraction of sp³-hybridized carbons (Fsp3) is 0.556. The summed E-state index contributed by atoms with van der Waals surface area (Å²) in [7, 11) is 0. The first-order chi connectivity index (χ1) is 11.1. The Morgan fingerprint density at radius 3 is 2.39 bits per heavy atom. The third-order valence-electron chi connectivity index (χ3n) is 4.09. The molecular formula is C18H26N2O3. The van der Waals surface area contributed by atoms with E-state index in [1.807, 2.05) is 49.1 Å². The number of nitrogens with zero attached hydrogens (tertiary/aromatic N) is 1. The molecule has 1 aliphatic heterocycles. The fourth-order valence-corrected chi connectivity index (χ4v) is 2.72. The molecular weight excluding hydrogens is 292 g/mol. The van der Waals surface area contributed by atoms with E-state index in [1.165, 1.54) is 6.42 Å². The van der Waals surface area contributed by atoms with Gasteiger partial charge in [-0.1, -0.05) is 44.2 Å². The number of piperidine rings is 1. The van der Waals surface area contributed by atoms with E-state index in [2.05, 4.69) is 5.32 Å². The highest BCUT2D eigenvalue weighted by molar-refractivity contribution is 5.86. The molecule has 0 spiro atoms. The van der Waals surface area contributed by atoms with Crippen molar-refractivity contribution in [3.63, 3.8) is 0 Å². The molecule has 0 bridgehead atoms. The molecule has 0 saturated carbocycles. The first-order valence-electron chi connectivity index (χ1n) is 8.34. The van der Waals surface area contributed by atoms with E-state index < -0.39 is 12.1 Å². The molecule has 1 saturated heterocycles. The van der Waals surface area contributed by atoms with Crippen LogP contribution in [0.3, 0.4) is 0 Å². The lowest BCUT2D eigenvalue weighted by molar-refractivity contribution is -0.135. The average molecular weight is 318 g/mol. The van der Waals surface area contributed by atoms with Gasteiger partial charge in [0, 0.05) is 13.1 Å². The second-order valence-electron chi connectivity index (χ2n) is 6.31. The van der Waals surface area contributed by atoms with Crippen LogP contribution in [-0.4, -0.2) is 36.0 Å². The van der Waals surface area contributed by atoms with Crippen LogP contribution in [0.2, 0.25) is 0 Å². The molecule has 1 heterocycles. The molecule has 5 heteroatoms. The monoisotopic (exact) mass is 318 g/mol. The predicted octanol–water partition coefficient (Wildman–Crippen LogP) is 2.95. The predicted molar refractivity (Wildman–Crippen MR) is 88.8 cm³/mol. The molecule has 5 nitrogen and oxygen atoms in total. The van der Waals surface area contributed by atoms with Gasteiger partial charge in [0.15, 0.2) is 0 Å². The summed E-state index contributed by atoms with van der Waals surface area (Å²) >= 11 is 0. The molecule has 2 rings (SSSR count). The van der Waals surface area contributed by atoms with Gasteiger partial charge in [-0.3, -0.25) is 4.79 Å². The van der Waals surface area contributed by atoms with Crippen molar-refractivity contribution in [2.24, 2.45) is 5.92 Å². The summed E-state index contributed by atoms with van der Waals surface area (Å²) in [6.45, 7) is 5.63. The molecule has 0 radical (unpaired) electrons. The van der Waals surface area contributed by atoms with Gasteiger partial charge >= 0.3 is 6.09 Å². The van der Waals surface area contributed by atoms with Crippen molar-refractivity contribution in [2.45, 2.75) is 45.8 Å². The molecule has 1 atom stereocenters. The number of carbonyl (C=O) groups excluding carboxylic acids is 2. The Morgan fingerprint density at radius 2 is 1.78 bits per heavy atom. The minimum atomic E-state index is -0.544. The number of amides is 2. The summed E-state index contributed by atoms with van der Waals surface area (Å²) in [6, 6.07) is 8.96. The third-order valence-corrected chi connectivity index (χ3v) is 4.09. The van der Waals surface area contributed by atoms with Crippen molar-refractivity contribution in [3.8, 4) is 0 Å². The number of hydrogen-bond acceptors (Lipinski definition) is 3. The van der Waals surface area contributed by atoms with Gasteiger partial charge in [0.1, 0.15) is 12.6 Å². The minimum Gasteiger partial charge on any atom is -0.445 e. The zero-order valence-electron chi connectivity index (χ0n) is 14.0. The van der Waals surface area contributed by atoms with Gasteiger partial charge in [-0.15, -0.1) is 0 Å². The SMILES string of the molecule is CC(C)[C@@H](NC(=O)OCc1ccccc1)C(=O)N1CCCCC1. The van der Waals surface area contributed by atoms with Gasteiger partial charge in [0.25, 0.3) is 0 Å². The highest BCUT2D eigenvalue weighted by Crippen LogP contribution is 2.13. The molecule has 1 N–H and O–H groups in total. The number of benzene rings is 1. The van der Waals surface area contributed by atoms with Crippen molar-refractivity contribution in [1.29, 1.82) is 0 Å². The van der Waals surface area contributed by atoms with Crippen LogP contribution in [0, 0.1) is 5.92 Å². The molecule has 1 fully saturated rings. The van der Waals surface area contributed by atoms with Gasteiger partial charge in [-0.2, -0.15) is 0 Å². The first-order valence-corrected chi connectivity index (χ1v) is 8.34. The summed E-state index contributed by atoms with van der Waals surface area (Å²) in [5.41, 5.74) is 0.922. The molecule has 1 aromatic rings. The van der Waals surface area contributed by atoms with Crippen LogP contribution in [0.1, 0.15) is 38.7 Å². The lowest BCUT2D eigenvalue weighted by atomic mass is 10.0. The summed E-state index contributed by atoms with van der Waals surface area (Å²) < 4.78 is 5.23. The molecule has 1 aromatic carbocycles. The van der Waals surface area contributed by atoms with E-state index in [-0.39, 0.29) is 18.4 Å². The molecule has 126 valence electrons. The third kappa shape index (κ3) is 5.27. The number of alkyl carbamates (subject to hydrolysis) is 1. The number of carbonyl (C=O) groups is 2. The molecule has 0 aliphatic carbocycles. The Labute approximate surface area is 138 Å². The van der Waals surface area contributed by atoms with Crippen molar-refractivity contribution in [3.05, 3.63) is 35.9 Å². The van der Waals surface area contributed by atoms with Crippen molar-refractivity contribution in [2.75, 3.05) is 13.1 Å². The van der Waals surface area contributed by atoms with Crippen LogP contribution in [0.4, 0.5) is 4.79 Å². The molecule has 2 amide bonds. The van der Waals surface area contributed by atoms with Gasteiger partial charge in [-0.05, 0) is 30.7 Å². The Morgan fingerprint density at radius 1 is 1.13 bits per heavy atom. The normalized spacial score (nSPS) is 16.0. The number of nitrogens with one attached hydrogen (secondary N) is 1. The Balaban J connectivity index is 1.87. The first kappa shape index (κ1) is 17.3. The smallest absolute Gasteiger partial charge is 0.408 e. The lowest BCUT2D eigenvalue weighted by Gasteiger charge is -2.32. The zero-order chi connectivity index (χ0) is 16.7. The van der Waals surface area contributed by atoms with Crippen LogP contribution < -0.4 is 5.32 Å². The van der Waals surface area contributed by atoms with Crippen molar-refractivity contribution in [1.82, 2.24) is 10.2 Å².